The highest BCUT2D eigenvalue weighted by atomic mass is 16.6. The fourth-order valence-corrected chi connectivity index (χ4v) is 2.86. The van der Waals surface area contributed by atoms with Crippen LogP contribution in [-0.4, -0.2) is 34.0 Å². The summed E-state index contributed by atoms with van der Waals surface area (Å²) in [5.74, 6) is 1.32. The number of nitrogens with one attached hydrogen (secondary N) is 2. The lowest BCUT2D eigenvalue weighted by Gasteiger charge is -2.19. The minimum absolute atomic E-state index is 0.308. The average molecular weight is 365 g/mol. The van der Waals surface area contributed by atoms with Crippen LogP contribution in [0.3, 0.4) is 0 Å². The monoisotopic (exact) mass is 365 g/mol. The predicted octanol–water partition coefficient (Wildman–Crippen LogP) is 2.58. The number of benzene rings is 1. The van der Waals surface area contributed by atoms with Crippen LogP contribution in [0.25, 0.3) is 11.3 Å². The maximum atomic E-state index is 12.2. The zero-order valence-corrected chi connectivity index (χ0v) is 14.8. The summed E-state index contributed by atoms with van der Waals surface area (Å²) in [5.41, 5.74) is 3.44. The van der Waals surface area contributed by atoms with Gasteiger partial charge in [-0.1, -0.05) is 0 Å². The van der Waals surface area contributed by atoms with Gasteiger partial charge in [0.25, 0.3) is 0 Å². The molecule has 8 heteroatoms. The number of rotatable bonds is 4. The molecule has 0 fully saturated rings. The van der Waals surface area contributed by atoms with Crippen molar-refractivity contribution in [2.45, 2.75) is 6.54 Å². The Morgan fingerprint density at radius 2 is 2.00 bits per heavy atom. The minimum atomic E-state index is -0.308. The molecule has 1 aliphatic heterocycles. The van der Waals surface area contributed by atoms with Crippen LogP contribution in [0.1, 0.15) is 5.56 Å². The maximum absolute atomic E-state index is 12.2. The number of hydrogen-bond acceptors (Lipinski definition) is 5. The molecule has 8 nitrogen and oxygen atoms in total. The highest BCUT2D eigenvalue weighted by Gasteiger charge is 2.13. The second kappa shape index (κ2) is 7.36. The van der Waals surface area contributed by atoms with E-state index >= 15 is 0 Å². The van der Waals surface area contributed by atoms with Crippen LogP contribution >= 0.6 is 0 Å². The van der Waals surface area contributed by atoms with E-state index < -0.39 is 0 Å². The third-order valence-electron chi connectivity index (χ3n) is 4.16. The molecule has 1 aliphatic rings. The molecule has 2 N–H and O–H groups in total. The highest BCUT2D eigenvalue weighted by molar-refractivity contribution is 5.89. The van der Waals surface area contributed by atoms with Crippen LogP contribution in [0, 0.1) is 0 Å². The summed E-state index contributed by atoms with van der Waals surface area (Å²) in [6, 6.07) is 8.90. The number of nitrogens with zero attached hydrogens (tertiary/aromatic N) is 3. The van der Waals surface area contributed by atoms with E-state index in [9.17, 15) is 4.79 Å². The number of hydrogen-bond donors (Lipinski definition) is 2. The van der Waals surface area contributed by atoms with Gasteiger partial charge in [0.05, 0.1) is 5.69 Å². The molecule has 3 heterocycles. The quantitative estimate of drug-likeness (QED) is 0.742. The Hall–Kier alpha value is -3.55. The normalized spacial score (nSPS) is 12.5. The van der Waals surface area contributed by atoms with Gasteiger partial charge in [-0.2, -0.15) is 5.10 Å². The van der Waals surface area contributed by atoms with Crippen molar-refractivity contribution in [2.24, 2.45) is 7.05 Å². The Balaban J connectivity index is 1.38. The Morgan fingerprint density at radius 3 is 2.81 bits per heavy atom. The Labute approximate surface area is 156 Å². The summed E-state index contributed by atoms with van der Waals surface area (Å²) in [6.45, 7) is 1.39. The summed E-state index contributed by atoms with van der Waals surface area (Å²) in [5, 5.41) is 9.79. The molecule has 0 spiro atoms. The molecule has 0 aliphatic carbocycles. The standard InChI is InChI=1S/C19H19N5O3/c1-24-16(4-5-22-24)14-8-13(10-20-12-14)11-21-19(25)23-15-2-3-17-18(9-15)27-7-6-26-17/h2-5,8-10,12H,6-7,11H2,1H3,(H2,21,23,25). The molecule has 0 atom stereocenters. The van der Waals surface area contributed by atoms with Gasteiger partial charge >= 0.3 is 6.03 Å². The van der Waals surface area contributed by atoms with Crippen molar-refractivity contribution in [1.82, 2.24) is 20.1 Å². The Morgan fingerprint density at radius 1 is 1.15 bits per heavy atom. The van der Waals surface area contributed by atoms with Crippen LogP contribution in [0.5, 0.6) is 11.5 Å². The molecule has 138 valence electrons. The molecule has 0 unspecified atom stereocenters. The van der Waals surface area contributed by atoms with Crippen LogP contribution < -0.4 is 20.1 Å². The van der Waals surface area contributed by atoms with Crippen molar-refractivity contribution < 1.29 is 14.3 Å². The Bertz CT molecular complexity index is 969. The predicted molar refractivity (Wildman–Crippen MR) is 99.7 cm³/mol. The first-order valence-corrected chi connectivity index (χ1v) is 8.56. The van der Waals surface area contributed by atoms with Crippen molar-refractivity contribution in [2.75, 3.05) is 18.5 Å². The maximum Gasteiger partial charge on any atom is 0.319 e. The van der Waals surface area contributed by atoms with E-state index in [1.54, 1.807) is 41.5 Å². The number of fused-ring (bicyclic) bond motifs is 1. The van der Waals surface area contributed by atoms with Gasteiger partial charge in [0.1, 0.15) is 13.2 Å². The molecule has 0 saturated heterocycles. The van der Waals surface area contributed by atoms with E-state index in [1.165, 1.54) is 0 Å². The van der Waals surface area contributed by atoms with Gasteiger partial charge in [-0.25, -0.2) is 4.79 Å². The van der Waals surface area contributed by atoms with Crippen LogP contribution in [0.15, 0.2) is 48.9 Å². The number of aromatic nitrogens is 3. The number of amides is 2. The van der Waals surface area contributed by atoms with Gasteiger partial charge in [0.15, 0.2) is 11.5 Å². The van der Waals surface area contributed by atoms with Gasteiger partial charge < -0.3 is 20.1 Å². The zero-order chi connectivity index (χ0) is 18.6. The SMILES string of the molecule is Cn1nccc1-c1cncc(CNC(=O)Nc2ccc3c(c2)OCCO3)c1. The average Bonchev–Trinajstić information content (AvgIpc) is 3.12. The van der Waals surface area contributed by atoms with Gasteiger partial charge in [-0.3, -0.25) is 9.67 Å². The van der Waals surface area contributed by atoms with E-state index in [0.29, 0.717) is 36.9 Å². The van der Waals surface area contributed by atoms with Crippen molar-refractivity contribution in [3.05, 3.63) is 54.5 Å². The van der Waals surface area contributed by atoms with E-state index in [4.69, 9.17) is 9.47 Å². The topological polar surface area (TPSA) is 90.3 Å². The molecule has 4 rings (SSSR count). The fraction of sp³-hybridized carbons (Fsp3) is 0.211. The van der Waals surface area contributed by atoms with Gasteiger partial charge in [0, 0.05) is 49.5 Å². The van der Waals surface area contributed by atoms with Gasteiger partial charge in [-0.05, 0) is 29.8 Å². The van der Waals surface area contributed by atoms with Crippen molar-refractivity contribution in [3.63, 3.8) is 0 Å². The number of ether oxygens (including phenoxy) is 2. The number of urea groups is 1. The summed E-state index contributed by atoms with van der Waals surface area (Å²) in [6.07, 6.45) is 5.24. The molecule has 0 bridgehead atoms. The fourth-order valence-electron chi connectivity index (χ4n) is 2.86. The molecule has 2 aromatic heterocycles. The van der Waals surface area contributed by atoms with Crippen molar-refractivity contribution in [3.8, 4) is 22.8 Å². The summed E-state index contributed by atoms with van der Waals surface area (Å²) < 4.78 is 12.8. The van der Waals surface area contributed by atoms with Crippen molar-refractivity contribution in [1.29, 1.82) is 0 Å². The van der Waals surface area contributed by atoms with Gasteiger partial charge in [0.2, 0.25) is 0 Å². The summed E-state index contributed by atoms with van der Waals surface area (Å²) >= 11 is 0. The van der Waals surface area contributed by atoms with E-state index in [0.717, 1.165) is 16.8 Å². The van der Waals surface area contributed by atoms with E-state index in [1.807, 2.05) is 19.2 Å². The Kier molecular flexibility index (Phi) is 4.61. The molecule has 0 saturated carbocycles. The lowest BCUT2D eigenvalue weighted by atomic mass is 10.1. The lowest BCUT2D eigenvalue weighted by molar-refractivity contribution is 0.171. The first-order chi connectivity index (χ1) is 13.2. The largest absolute Gasteiger partial charge is 0.486 e. The van der Waals surface area contributed by atoms with Crippen LogP contribution in [0.2, 0.25) is 0 Å². The number of aryl methyl sites for hydroxylation is 1. The second-order valence-electron chi connectivity index (χ2n) is 6.09. The summed E-state index contributed by atoms with van der Waals surface area (Å²) in [7, 11) is 1.88. The molecular weight excluding hydrogens is 346 g/mol. The summed E-state index contributed by atoms with van der Waals surface area (Å²) in [4.78, 5) is 16.4. The van der Waals surface area contributed by atoms with Crippen LogP contribution in [-0.2, 0) is 13.6 Å². The second-order valence-corrected chi connectivity index (χ2v) is 6.09. The smallest absolute Gasteiger partial charge is 0.319 e. The molecule has 2 amide bonds. The van der Waals surface area contributed by atoms with Gasteiger partial charge in [-0.15, -0.1) is 0 Å². The van der Waals surface area contributed by atoms with Crippen molar-refractivity contribution >= 4 is 11.7 Å². The number of anilines is 1. The third-order valence-corrected chi connectivity index (χ3v) is 4.16. The molecule has 3 aromatic rings. The van der Waals surface area contributed by atoms with E-state index in [-0.39, 0.29) is 6.03 Å². The molecule has 27 heavy (non-hydrogen) atoms. The zero-order valence-electron chi connectivity index (χ0n) is 14.8. The molecule has 0 radical (unpaired) electrons. The molecular formula is C19H19N5O3. The third kappa shape index (κ3) is 3.84. The first kappa shape index (κ1) is 16.9. The van der Waals surface area contributed by atoms with E-state index in [2.05, 4.69) is 20.7 Å². The molecule has 1 aromatic carbocycles. The number of carbonyl (C=O) groups excluding carboxylic acids is 1. The lowest BCUT2D eigenvalue weighted by Crippen LogP contribution is -2.28. The van der Waals surface area contributed by atoms with Crippen LogP contribution in [0.4, 0.5) is 10.5 Å². The number of pyridine rings is 1. The first-order valence-electron chi connectivity index (χ1n) is 8.56. The minimum Gasteiger partial charge on any atom is -0.486 e. The highest BCUT2D eigenvalue weighted by Crippen LogP contribution is 2.32. The number of carbonyl (C=O) groups is 1.